The number of rotatable bonds is 6. The van der Waals surface area contributed by atoms with Crippen molar-refractivity contribution in [2.75, 3.05) is 5.32 Å². The summed E-state index contributed by atoms with van der Waals surface area (Å²) in [4.78, 5) is 0. The van der Waals surface area contributed by atoms with Crippen molar-refractivity contribution < 1.29 is 4.39 Å². The lowest BCUT2D eigenvalue weighted by molar-refractivity contribution is 0.627. The Morgan fingerprint density at radius 3 is 2.75 bits per heavy atom. The number of aryl methyl sites for hydroxylation is 2. The van der Waals surface area contributed by atoms with E-state index in [1.807, 2.05) is 11.7 Å². The number of nitrogens with zero attached hydrogens (tertiary/aromatic N) is 2. The van der Waals surface area contributed by atoms with Gasteiger partial charge in [-0.2, -0.15) is 5.10 Å². The molecule has 7 heteroatoms. The third kappa shape index (κ3) is 4.66. The van der Waals surface area contributed by atoms with Crippen molar-refractivity contribution in [3.05, 3.63) is 55.2 Å². The molecule has 0 unspecified atom stereocenters. The molecule has 2 rings (SSSR count). The van der Waals surface area contributed by atoms with Gasteiger partial charge >= 0.3 is 0 Å². The van der Waals surface area contributed by atoms with Crippen molar-refractivity contribution in [1.29, 1.82) is 5.41 Å². The zero-order chi connectivity index (χ0) is 17.9. The normalized spacial score (nSPS) is 11.7. The Balaban J connectivity index is 2.33. The topological polar surface area (TPSA) is 53.7 Å². The van der Waals surface area contributed by atoms with Crippen LogP contribution in [0.5, 0.6) is 0 Å². The molecule has 0 aliphatic carbocycles. The standard InChI is InChI=1S/C17H19BrFIN4/c1-4-14-17(18)16(24(3)23-14)9-12(7-10(2)21)22-15-6-5-11(19)8-13(15)20/h5-8,21-22H,4,9H2,1-3H3/b12-7-,21-10?. The van der Waals surface area contributed by atoms with Crippen molar-refractivity contribution in [2.45, 2.75) is 26.7 Å². The van der Waals surface area contributed by atoms with Crippen LogP contribution >= 0.6 is 38.5 Å². The molecule has 1 aromatic heterocycles. The van der Waals surface area contributed by atoms with Crippen molar-refractivity contribution in [3.63, 3.8) is 0 Å². The summed E-state index contributed by atoms with van der Waals surface area (Å²) in [7, 11) is 1.91. The Kier molecular flexibility index (Phi) is 6.56. The molecule has 0 saturated heterocycles. The number of benzene rings is 1. The van der Waals surface area contributed by atoms with Gasteiger partial charge in [0.05, 0.1) is 21.5 Å². The summed E-state index contributed by atoms with van der Waals surface area (Å²) in [5, 5.41) is 15.6. The highest BCUT2D eigenvalue weighted by Gasteiger charge is 2.15. The summed E-state index contributed by atoms with van der Waals surface area (Å²) in [5.41, 5.74) is 4.17. The van der Waals surface area contributed by atoms with E-state index in [0.717, 1.165) is 37.2 Å². The van der Waals surface area contributed by atoms with Gasteiger partial charge in [0, 0.05) is 28.4 Å². The number of halogens is 3. The van der Waals surface area contributed by atoms with E-state index in [1.165, 1.54) is 12.1 Å². The molecule has 0 amide bonds. The largest absolute Gasteiger partial charge is 0.358 e. The van der Waals surface area contributed by atoms with Gasteiger partial charge in [-0.15, -0.1) is 0 Å². The molecule has 2 aromatic rings. The van der Waals surface area contributed by atoms with Gasteiger partial charge in [0.2, 0.25) is 0 Å². The molecular formula is C17H19BrFIN4. The van der Waals surface area contributed by atoms with E-state index >= 15 is 0 Å². The van der Waals surface area contributed by atoms with Gasteiger partial charge in [-0.3, -0.25) is 4.68 Å². The van der Waals surface area contributed by atoms with Crippen molar-refractivity contribution >= 4 is 49.9 Å². The highest BCUT2D eigenvalue weighted by molar-refractivity contribution is 14.1. The van der Waals surface area contributed by atoms with Crippen LogP contribution in [-0.2, 0) is 19.9 Å². The quantitative estimate of drug-likeness (QED) is 0.426. The molecule has 0 spiro atoms. The Labute approximate surface area is 163 Å². The molecule has 0 fully saturated rings. The second-order valence-electron chi connectivity index (χ2n) is 5.46. The number of allylic oxidation sites excluding steroid dienone is 2. The minimum absolute atomic E-state index is 0.263. The number of hydrogen-bond donors (Lipinski definition) is 2. The monoisotopic (exact) mass is 504 g/mol. The molecular weight excluding hydrogens is 486 g/mol. The Hall–Kier alpha value is -1.22. The van der Waals surface area contributed by atoms with Crippen LogP contribution in [0.1, 0.15) is 25.2 Å². The average Bonchev–Trinajstić information content (AvgIpc) is 2.77. The molecule has 0 radical (unpaired) electrons. The van der Waals surface area contributed by atoms with E-state index < -0.39 is 0 Å². The number of nitrogens with one attached hydrogen (secondary N) is 2. The third-order valence-corrected chi connectivity index (χ3v) is 5.29. The minimum Gasteiger partial charge on any atom is -0.358 e. The maximum Gasteiger partial charge on any atom is 0.124 e. The van der Waals surface area contributed by atoms with E-state index in [4.69, 9.17) is 5.41 Å². The first-order valence-corrected chi connectivity index (χ1v) is 9.37. The lowest BCUT2D eigenvalue weighted by atomic mass is 10.1. The number of aromatic nitrogens is 2. The van der Waals surface area contributed by atoms with Crippen molar-refractivity contribution in [3.8, 4) is 0 Å². The van der Waals surface area contributed by atoms with Crippen LogP contribution in [0.25, 0.3) is 0 Å². The molecule has 0 aliphatic heterocycles. The maximum atomic E-state index is 13.3. The number of hydrogen-bond acceptors (Lipinski definition) is 3. The molecule has 128 valence electrons. The first-order chi connectivity index (χ1) is 11.3. The lowest BCUT2D eigenvalue weighted by Crippen LogP contribution is -2.09. The van der Waals surface area contributed by atoms with Crippen LogP contribution in [0, 0.1) is 14.8 Å². The summed E-state index contributed by atoms with van der Waals surface area (Å²) in [6.07, 6.45) is 3.22. The zero-order valence-corrected chi connectivity index (χ0v) is 17.5. The van der Waals surface area contributed by atoms with Crippen LogP contribution in [0.3, 0.4) is 0 Å². The van der Waals surface area contributed by atoms with Crippen LogP contribution in [0.2, 0.25) is 0 Å². The fourth-order valence-corrected chi connectivity index (χ4v) is 3.72. The van der Waals surface area contributed by atoms with Crippen molar-refractivity contribution in [1.82, 2.24) is 9.78 Å². The average molecular weight is 505 g/mol. The highest BCUT2D eigenvalue weighted by atomic mass is 127. The first-order valence-electron chi connectivity index (χ1n) is 7.49. The van der Waals surface area contributed by atoms with E-state index in [0.29, 0.717) is 12.1 Å². The predicted molar refractivity (Wildman–Crippen MR) is 108 cm³/mol. The van der Waals surface area contributed by atoms with E-state index in [2.05, 4.69) is 55.9 Å². The minimum atomic E-state index is -0.263. The summed E-state index contributed by atoms with van der Waals surface area (Å²) >= 11 is 5.72. The number of anilines is 1. The van der Waals surface area contributed by atoms with E-state index in [-0.39, 0.29) is 5.82 Å². The molecule has 24 heavy (non-hydrogen) atoms. The summed E-state index contributed by atoms with van der Waals surface area (Å²) in [5.74, 6) is -0.263. The van der Waals surface area contributed by atoms with Crippen LogP contribution in [0.4, 0.5) is 10.1 Å². The Bertz CT molecular complexity index is 798. The maximum absolute atomic E-state index is 13.3. The predicted octanol–water partition coefficient (Wildman–Crippen LogP) is 5.07. The molecule has 0 bridgehead atoms. The molecule has 0 atom stereocenters. The van der Waals surface area contributed by atoms with Gasteiger partial charge in [-0.05, 0) is 76.1 Å². The summed E-state index contributed by atoms with van der Waals surface area (Å²) in [6.45, 7) is 3.79. The smallest absolute Gasteiger partial charge is 0.124 e. The van der Waals surface area contributed by atoms with Gasteiger partial charge < -0.3 is 10.7 Å². The van der Waals surface area contributed by atoms with Gasteiger partial charge in [-0.1, -0.05) is 6.92 Å². The van der Waals surface area contributed by atoms with Gasteiger partial charge in [0.25, 0.3) is 0 Å². The fraction of sp³-hybridized carbons (Fsp3) is 0.294. The summed E-state index contributed by atoms with van der Waals surface area (Å²) in [6, 6.07) is 4.61. The lowest BCUT2D eigenvalue weighted by Gasteiger charge is -2.14. The van der Waals surface area contributed by atoms with Crippen LogP contribution < -0.4 is 5.32 Å². The molecule has 0 aliphatic rings. The highest BCUT2D eigenvalue weighted by Crippen LogP contribution is 2.26. The van der Waals surface area contributed by atoms with Crippen LogP contribution in [-0.4, -0.2) is 15.5 Å². The van der Waals surface area contributed by atoms with Gasteiger partial charge in [0.15, 0.2) is 0 Å². The molecule has 1 aromatic carbocycles. The second-order valence-corrected chi connectivity index (χ2v) is 7.42. The zero-order valence-electron chi connectivity index (χ0n) is 13.8. The van der Waals surface area contributed by atoms with Gasteiger partial charge in [0.1, 0.15) is 5.82 Å². The van der Waals surface area contributed by atoms with Crippen LogP contribution in [0.15, 0.2) is 34.4 Å². The van der Waals surface area contributed by atoms with Crippen molar-refractivity contribution in [2.24, 2.45) is 7.05 Å². The third-order valence-electron chi connectivity index (χ3n) is 3.48. The van der Waals surface area contributed by atoms with E-state index in [1.54, 1.807) is 19.1 Å². The van der Waals surface area contributed by atoms with Gasteiger partial charge in [-0.25, -0.2) is 4.39 Å². The Morgan fingerprint density at radius 1 is 1.50 bits per heavy atom. The Morgan fingerprint density at radius 2 is 2.21 bits per heavy atom. The summed E-state index contributed by atoms with van der Waals surface area (Å²) < 4.78 is 16.9. The molecule has 0 saturated carbocycles. The second kappa shape index (κ2) is 8.24. The molecule has 1 heterocycles. The SMILES string of the molecule is CCc1nn(C)c(C/C(=C/C(C)=N)Nc2ccc(F)cc2I)c1Br. The first kappa shape index (κ1) is 19.1. The fourth-order valence-electron chi connectivity index (χ4n) is 2.35. The van der Waals surface area contributed by atoms with E-state index in [9.17, 15) is 4.39 Å². The molecule has 2 N–H and O–H groups in total. The molecule has 4 nitrogen and oxygen atoms in total.